The number of rotatable bonds is 5. The number of hydrogen-bond donors (Lipinski definition) is 2. The van der Waals surface area contributed by atoms with Gasteiger partial charge in [-0.05, 0) is 38.1 Å². The van der Waals surface area contributed by atoms with Gasteiger partial charge in [0.25, 0.3) is 0 Å². The molecule has 30 heavy (non-hydrogen) atoms. The van der Waals surface area contributed by atoms with Crippen LogP contribution in [-0.2, 0) is 12.1 Å². The lowest BCUT2D eigenvalue weighted by atomic mass is 10.0. The Morgan fingerprint density at radius 1 is 1.17 bits per heavy atom. The molecule has 0 aliphatic carbocycles. The first-order chi connectivity index (χ1) is 14.3. The molecular weight excluding hydrogens is 389 g/mol. The van der Waals surface area contributed by atoms with Crippen LogP contribution in [-0.4, -0.2) is 42.2 Å². The number of nitrogen functional groups attached to an aromatic ring is 1. The van der Waals surface area contributed by atoms with Crippen molar-refractivity contribution in [3.63, 3.8) is 0 Å². The summed E-state index contributed by atoms with van der Waals surface area (Å²) < 4.78 is 20.8. The largest absolute Gasteiger partial charge is 0.491 e. The smallest absolute Gasteiger partial charge is 0.221 e. The maximum absolute atomic E-state index is 14.1. The summed E-state index contributed by atoms with van der Waals surface area (Å²) in [6, 6.07) is 8.25. The molecule has 0 amide bonds. The molecule has 0 bridgehead atoms. The second-order valence-corrected chi connectivity index (χ2v) is 7.28. The Hall–Kier alpha value is -3.66. The number of anilines is 1. The third-order valence-electron chi connectivity index (χ3n) is 4.53. The van der Waals surface area contributed by atoms with Gasteiger partial charge in [-0.2, -0.15) is 0 Å². The number of benzene rings is 1. The van der Waals surface area contributed by atoms with E-state index in [0.29, 0.717) is 34.7 Å². The van der Waals surface area contributed by atoms with Gasteiger partial charge in [0.05, 0.1) is 31.2 Å². The number of halogens is 1. The van der Waals surface area contributed by atoms with Crippen molar-refractivity contribution in [1.82, 2.24) is 29.9 Å². The summed E-state index contributed by atoms with van der Waals surface area (Å²) >= 11 is 0. The first-order valence-electron chi connectivity index (χ1n) is 9.15. The minimum Gasteiger partial charge on any atom is -0.491 e. The summed E-state index contributed by atoms with van der Waals surface area (Å²) in [7, 11) is 1.36. The Kier molecular flexibility index (Phi) is 4.78. The minimum atomic E-state index is -1.05. The molecular formula is C20H20FN7O2. The summed E-state index contributed by atoms with van der Waals surface area (Å²) in [5.74, 6) is -0.589. The molecule has 0 aliphatic rings. The Morgan fingerprint density at radius 2 is 1.97 bits per heavy atom. The normalized spacial score (nSPS) is 11.8. The van der Waals surface area contributed by atoms with E-state index in [-0.39, 0.29) is 17.2 Å². The second-order valence-electron chi connectivity index (χ2n) is 7.28. The third kappa shape index (κ3) is 3.64. The summed E-state index contributed by atoms with van der Waals surface area (Å²) in [5, 5.41) is 19.0. The molecule has 9 nitrogen and oxygen atoms in total. The quantitative estimate of drug-likeness (QED) is 0.514. The van der Waals surface area contributed by atoms with Gasteiger partial charge < -0.3 is 15.6 Å². The van der Waals surface area contributed by atoms with E-state index < -0.39 is 11.4 Å². The lowest BCUT2D eigenvalue weighted by molar-refractivity contribution is 0.0736. The fourth-order valence-corrected chi connectivity index (χ4v) is 3.11. The van der Waals surface area contributed by atoms with Crippen molar-refractivity contribution in [2.24, 2.45) is 0 Å². The highest BCUT2D eigenvalue weighted by Crippen LogP contribution is 2.32. The number of ether oxygens (including phenoxy) is 1. The van der Waals surface area contributed by atoms with Crippen molar-refractivity contribution < 1.29 is 14.2 Å². The Labute approximate surface area is 171 Å². The average Bonchev–Trinajstić information content (AvgIpc) is 3.15. The minimum absolute atomic E-state index is 0.0112. The van der Waals surface area contributed by atoms with Crippen molar-refractivity contribution in [2.75, 3.05) is 12.8 Å². The van der Waals surface area contributed by atoms with Gasteiger partial charge in [-0.3, -0.25) is 4.98 Å². The van der Waals surface area contributed by atoms with Gasteiger partial charge in [0.1, 0.15) is 22.5 Å². The van der Waals surface area contributed by atoms with Crippen molar-refractivity contribution in [3.05, 3.63) is 53.7 Å². The van der Waals surface area contributed by atoms with Crippen LogP contribution in [0.25, 0.3) is 22.3 Å². The van der Waals surface area contributed by atoms with Gasteiger partial charge in [0, 0.05) is 5.39 Å². The molecule has 0 atom stereocenters. The molecule has 1 aromatic carbocycles. The Balaban J connectivity index is 1.72. The molecule has 0 unspecified atom stereocenters. The van der Waals surface area contributed by atoms with E-state index in [1.807, 2.05) is 12.1 Å². The SMILES string of the molecule is COc1c(F)ccc2c(-c3cn(Cc4cccc(C(C)(C)O)n4)nn3)nc(N)nc12. The second kappa shape index (κ2) is 7.30. The fourth-order valence-electron chi connectivity index (χ4n) is 3.11. The van der Waals surface area contributed by atoms with E-state index in [1.165, 1.54) is 13.2 Å². The number of nitrogens with zero attached hydrogens (tertiary/aromatic N) is 6. The zero-order valence-corrected chi connectivity index (χ0v) is 16.7. The molecule has 3 heterocycles. The van der Waals surface area contributed by atoms with Gasteiger partial charge in [-0.15, -0.1) is 5.10 Å². The van der Waals surface area contributed by atoms with Crippen LogP contribution in [0.3, 0.4) is 0 Å². The maximum Gasteiger partial charge on any atom is 0.221 e. The van der Waals surface area contributed by atoms with Crippen LogP contribution in [0, 0.1) is 5.82 Å². The fraction of sp³-hybridized carbons (Fsp3) is 0.250. The van der Waals surface area contributed by atoms with E-state index in [1.54, 1.807) is 36.9 Å². The molecule has 0 aliphatic heterocycles. The first-order valence-corrected chi connectivity index (χ1v) is 9.15. The highest BCUT2D eigenvalue weighted by Gasteiger charge is 2.19. The molecule has 3 aromatic heterocycles. The van der Waals surface area contributed by atoms with Gasteiger partial charge in [0.2, 0.25) is 5.95 Å². The van der Waals surface area contributed by atoms with Crippen molar-refractivity contribution >= 4 is 16.9 Å². The molecule has 0 fully saturated rings. The lowest BCUT2D eigenvalue weighted by Gasteiger charge is -2.17. The molecule has 154 valence electrons. The Bertz CT molecular complexity index is 1230. The standard InChI is InChI=1S/C20H20FN7O2/c1-20(2,29)15-6-4-5-11(23-15)9-28-10-14(26-27-28)16-12-7-8-13(21)18(30-3)17(12)25-19(22)24-16/h4-8,10,29H,9H2,1-3H3,(H2,22,24,25). The van der Waals surface area contributed by atoms with Crippen molar-refractivity contribution in [2.45, 2.75) is 26.0 Å². The molecule has 0 saturated carbocycles. The van der Waals surface area contributed by atoms with E-state index in [9.17, 15) is 9.50 Å². The van der Waals surface area contributed by atoms with Crippen molar-refractivity contribution in [3.8, 4) is 17.1 Å². The molecule has 4 aromatic rings. The first kappa shape index (κ1) is 19.6. The topological polar surface area (TPSA) is 125 Å². The van der Waals surface area contributed by atoms with Crippen LogP contribution in [0.4, 0.5) is 10.3 Å². The molecule has 3 N–H and O–H groups in total. The van der Waals surface area contributed by atoms with Crippen LogP contribution in [0.2, 0.25) is 0 Å². The van der Waals surface area contributed by atoms with Crippen molar-refractivity contribution in [1.29, 1.82) is 0 Å². The van der Waals surface area contributed by atoms with Crippen LogP contribution in [0.1, 0.15) is 25.2 Å². The zero-order chi connectivity index (χ0) is 21.5. The number of fused-ring (bicyclic) bond motifs is 1. The monoisotopic (exact) mass is 409 g/mol. The molecule has 10 heteroatoms. The molecule has 4 rings (SSSR count). The number of methoxy groups -OCH3 is 1. The van der Waals surface area contributed by atoms with Crippen LogP contribution >= 0.6 is 0 Å². The van der Waals surface area contributed by atoms with Crippen LogP contribution in [0.5, 0.6) is 5.75 Å². The number of pyridine rings is 1. The summed E-state index contributed by atoms with van der Waals surface area (Å²) in [6.45, 7) is 3.69. The van der Waals surface area contributed by atoms with Gasteiger partial charge >= 0.3 is 0 Å². The zero-order valence-electron chi connectivity index (χ0n) is 16.7. The van der Waals surface area contributed by atoms with E-state index >= 15 is 0 Å². The number of nitrogens with two attached hydrogens (primary N) is 1. The van der Waals surface area contributed by atoms with E-state index in [0.717, 1.165) is 0 Å². The molecule has 0 radical (unpaired) electrons. The lowest BCUT2D eigenvalue weighted by Crippen LogP contribution is -2.18. The third-order valence-corrected chi connectivity index (χ3v) is 4.53. The summed E-state index contributed by atoms with van der Waals surface area (Å²) in [4.78, 5) is 12.9. The predicted molar refractivity (Wildman–Crippen MR) is 108 cm³/mol. The highest BCUT2D eigenvalue weighted by molar-refractivity contribution is 5.95. The molecule has 0 spiro atoms. The summed E-state index contributed by atoms with van der Waals surface area (Å²) in [5.41, 5.74) is 7.18. The van der Waals surface area contributed by atoms with Gasteiger partial charge in [-0.25, -0.2) is 19.0 Å². The average molecular weight is 409 g/mol. The van der Waals surface area contributed by atoms with Gasteiger partial charge in [0.15, 0.2) is 11.6 Å². The molecule has 0 saturated heterocycles. The Morgan fingerprint density at radius 3 is 2.70 bits per heavy atom. The number of hydrogen-bond acceptors (Lipinski definition) is 8. The highest BCUT2D eigenvalue weighted by atomic mass is 19.1. The number of aromatic nitrogens is 6. The van der Waals surface area contributed by atoms with Crippen LogP contribution < -0.4 is 10.5 Å². The van der Waals surface area contributed by atoms with Gasteiger partial charge in [-0.1, -0.05) is 11.3 Å². The van der Waals surface area contributed by atoms with Crippen LogP contribution in [0.15, 0.2) is 36.5 Å². The maximum atomic E-state index is 14.1. The number of aliphatic hydroxyl groups is 1. The predicted octanol–water partition coefficient (Wildman–Crippen LogP) is 2.29. The summed E-state index contributed by atoms with van der Waals surface area (Å²) in [6.07, 6.45) is 1.69. The van der Waals surface area contributed by atoms with E-state index in [2.05, 4.69) is 25.3 Å². The van der Waals surface area contributed by atoms with E-state index in [4.69, 9.17) is 10.5 Å².